The first-order valence-electron chi connectivity index (χ1n) is 13.2. The summed E-state index contributed by atoms with van der Waals surface area (Å²) in [7, 11) is -4.68. The number of hydrogen-bond acceptors (Lipinski definition) is 5. The van der Waals surface area contributed by atoms with Crippen LogP contribution in [0.15, 0.2) is 0 Å². The molecule has 0 radical (unpaired) electrons. The van der Waals surface area contributed by atoms with Crippen molar-refractivity contribution in [3.05, 3.63) is 0 Å². The molecule has 0 bridgehead atoms. The predicted molar refractivity (Wildman–Crippen MR) is 132 cm³/mol. The molecule has 0 aromatic rings. The van der Waals surface area contributed by atoms with E-state index in [1.807, 2.05) is 0 Å². The molecule has 0 atom stereocenters. The smallest absolute Gasteiger partial charge is 0.458 e. The van der Waals surface area contributed by atoms with Crippen molar-refractivity contribution in [2.45, 2.75) is 135 Å². The Kier molecular flexibility index (Phi) is 22.5. The van der Waals surface area contributed by atoms with E-state index in [-0.39, 0.29) is 6.42 Å². The van der Waals surface area contributed by atoms with Crippen LogP contribution in [-0.4, -0.2) is 34.8 Å². The SMILES string of the molecule is CCCCCCCCCCCCCCCCCCCCCC(=O)OCC(=O)COP(=O)(O)O. The second-order valence-electron chi connectivity index (χ2n) is 9.08. The summed E-state index contributed by atoms with van der Waals surface area (Å²) in [5.41, 5.74) is 0. The summed E-state index contributed by atoms with van der Waals surface area (Å²) in [5, 5.41) is 0. The van der Waals surface area contributed by atoms with Crippen molar-refractivity contribution >= 4 is 19.6 Å². The standard InChI is InChI=1S/C25H49O7P/c1-2-3-4-5-6-7-8-9-10-11-12-13-14-15-16-17-18-19-20-21-25(27)31-22-24(26)23-32-33(28,29)30/h2-23H2,1H3,(H2,28,29,30). The molecule has 0 aliphatic carbocycles. The number of phosphoric ester groups is 1. The zero-order chi connectivity index (χ0) is 24.6. The van der Waals surface area contributed by atoms with Crippen molar-refractivity contribution in [2.24, 2.45) is 0 Å². The Bertz CT molecular complexity index is 519. The Hall–Kier alpha value is -0.750. The molecule has 0 saturated heterocycles. The molecule has 0 saturated carbocycles. The van der Waals surface area contributed by atoms with Gasteiger partial charge < -0.3 is 14.5 Å². The first-order valence-corrected chi connectivity index (χ1v) is 14.8. The van der Waals surface area contributed by atoms with Crippen LogP contribution in [0.4, 0.5) is 0 Å². The number of ketones is 1. The van der Waals surface area contributed by atoms with Gasteiger partial charge in [0.2, 0.25) is 0 Å². The fourth-order valence-corrected chi connectivity index (χ4v) is 4.09. The Labute approximate surface area is 201 Å². The first kappa shape index (κ1) is 32.2. The Morgan fingerprint density at radius 2 is 0.970 bits per heavy atom. The largest absolute Gasteiger partial charge is 0.470 e. The summed E-state index contributed by atoms with van der Waals surface area (Å²) in [5.74, 6) is -1.15. The molecule has 0 rings (SSSR count). The van der Waals surface area contributed by atoms with Gasteiger partial charge in [0.05, 0.1) is 0 Å². The molecule has 0 aliphatic rings. The van der Waals surface area contributed by atoms with Crippen molar-refractivity contribution < 1.29 is 33.2 Å². The molecule has 7 nitrogen and oxygen atoms in total. The molecule has 0 amide bonds. The lowest BCUT2D eigenvalue weighted by Crippen LogP contribution is -2.17. The van der Waals surface area contributed by atoms with E-state index in [2.05, 4.69) is 11.4 Å². The molecule has 0 unspecified atom stereocenters. The summed E-state index contributed by atoms with van der Waals surface area (Å²) in [6.45, 7) is 0.983. The highest BCUT2D eigenvalue weighted by Crippen LogP contribution is 2.35. The highest BCUT2D eigenvalue weighted by Gasteiger charge is 2.17. The van der Waals surface area contributed by atoms with Gasteiger partial charge in [0.25, 0.3) is 0 Å². The number of unbranched alkanes of at least 4 members (excludes halogenated alkanes) is 18. The number of ether oxygens (including phenoxy) is 1. The van der Waals surface area contributed by atoms with Crippen molar-refractivity contribution in [3.8, 4) is 0 Å². The second kappa shape index (κ2) is 23.0. The molecule has 0 spiro atoms. The maximum Gasteiger partial charge on any atom is 0.470 e. The average molecular weight is 493 g/mol. The summed E-state index contributed by atoms with van der Waals surface area (Å²) >= 11 is 0. The first-order chi connectivity index (χ1) is 15.8. The van der Waals surface area contributed by atoms with E-state index >= 15 is 0 Å². The number of rotatable bonds is 25. The minimum absolute atomic E-state index is 0.255. The van der Waals surface area contributed by atoms with Crippen molar-refractivity contribution in [3.63, 3.8) is 0 Å². The molecule has 0 fully saturated rings. The van der Waals surface area contributed by atoms with Gasteiger partial charge in [0.15, 0.2) is 12.4 Å². The van der Waals surface area contributed by atoms with Crippen LogP contribution < -0.4 is 0 Å². The van der Waals surface area contributed by atoms with Crippen molar-refractivity contribution in [1.82, 2.24) is 0 Å². The van der Waals surface area contributed by atoms with Gasteiger partial charge in [-0.2, -0.15) is 0 Å². The topological polar surface area (TPSA) is 110 Å². The van der Waals surface area contributed by atoms with E-state index in [0.29, 0.717) is 0 Å². The van der Waals surface area contributed by atoms with Gasteiger partial charge in [-0.05, 0) is 6.42 Å². The van der Waals surface area contributed by atoms with E-state index in [1.54, 1.807) is 0 Å². The zero-order valence-corrected chi connectivity index (χ0v) is 21.8. The minimum atomic E-state index is -4.68. The molecule has 2 N–H and O–H groups in total. The van der Waals surface area contributed by atoms with Gasteiger partial charge >= 0.3 is 13.8 Å². The molecule has 0 aromatic carbocycles. The summed E-state index contributed by atoms with van der Waals surface area (Å²) in [6.07, 6.45) is 24.8. The fourth-order valence-electron chi connectivity index (χ4n) is 3.78. The zero-order valence-electron chi connectivity index (χ0n) is 20.9. The number of carbonyl (C=O) groups excluding carboxylic acids is 2. The lowest BCUT2D eigenvalue weighted by Gasteiger charge is -2.06. The van der Waals surface area contributed by atoms with Gasteiger partial charge in [0.1, 0.15) is 6.61 Å². The van der Waals surface area contributed by atoms with Crippen molar-refractivity contribution in [2.75, 3.05) is 13.2 Å². The highest BCUT2D eigenvalue weighted by atomic mass is 31.2. The Morgan fingerprint density at radius 3 is 1.33 bits per heavy atom. The van der Waals surface area contributed by atoms with Crippen LogP contribution in [0.3, 0.4) is 0 Å². The number of hydrogen-bond donors (Lipinski definition) is 2. The molecule has 33 heavy (non-hydrogen) atoms. The van der Waals surface area contributed by atoms with Gasteiger partial charge in [-0.25, -0.2) is 4.57 Å². The third kappa shape index (κ3) is 27.4. The summed E-state index contributed by atoms with van der Waals surface area (Å²) in [6, 6.07) is 0. The Morgan fingerprint density at radius 1 is 0.606 bits per heavy atom. The van der Waals surface area contributed by atoms with Crippen LogP contribution in [0.1, 0.15) is 135 Å². The van der Waals surface area contributed by atoms with E-state index in [4.69, 9.17) is 14.5 Å². The van der Waals surface area contributed by atoms with Crippen LogP contribution in [0.5, 0.6) is 0 Å². The van der Waals surface area contributed by atoms with Crippen LogP contribution in [0.2, 0.25) is 0 Å². The maximum atomic E-state index is 11.6. The molecule has 0 aliphatic heterocycles. The van der Waals surface area contributed by atoms with Gasteiger partial charge in [-0.3, -0.25) is 14.1 Å². The molecule has 0 heterocycles. The normalized spacial score (nSPS) is 11.6. The number of phosphoric acid groups is 1. The monoisotopic (exact) mass is 492 g/mol. The number of carbonyl (C=O) groups is 2. The van der Waals surface area contributed by atoms with E-state index in [9.17, 15) is 14.2 Å². The second-order valence-corrected chi connectivity index (χ2v) is 10.3. The van der Waals surface area contributed by atoms with Gasteiger partial charge in [0, 0.05) is 6.42 Å². The quantitative estimate of drug-likeness (QED) is 0.0799. The van der Waals surface area contributed by atoms with Crippen LogP contribution >= 0.6 is 7.82 Å². The average Bonchev–Trinajstić information content (AvgIpc) is 2.77. The van der Waals surface area contributed by atoms with E-state index in [0.717, 1.165) is 19.3 Å². The summed E-state index contributed by atoms with van der Waals surface area (Å²) in [4.78, 5) is 39.9. The summed E-state index contributed by atoms with van der Waals surface area (Å²) < 4.78 is 19.3. The lowest BCUT2D eigenvalue weighted by atomic mass is 10.0. The van der Waals surface area contributed by atoms with E-state index < -0.39 is 32.8 Å². The highest BCUT2D eigenvalue weighted by molar-refractivity contribution is 7.46. The van der Waals surface area contributed by atoms with Crippen molar-refractivity contribution in [1.29, 1.82) is 0 Å². The lowest BCUT2D eigenvalue weighted by molar-refractivity contribution is -0.148. The number of Topliss-reactive ketones (excluding diaryl/α,β-unsaturated/α-hetero) is 1. The number of esters is 1. The molecular weight excluding hydrogens is 443 g/mol. The van der Waals surface area contributed by atoms with Gasteiger partial charge in [-0.15, -0.1) is 0 Å². The van der Waals surface area contributed by atoms with Crippen LogP contribution in [0.25, 0.3) is 0 Å². The van der Waals surface area contributed by atoms with Crippen LogP contribution in [0, 0.1) is 0 Å². The fraction of sp³-hybridized carbons (Fsp3) is 0.920. The molecular formula is C25H49O7P. The molecule has 0 aromatic heterocycles. The van der Waals surface area contributed by atoms with Crippen LogP contribution in [-0.2, 0) is 23.4 Å². The third-order valence-electron chi connectivity index (χ3n) is 5.77. The molecule has 8 heteroatoms. The maximum absolute atomic E-state index is 11.6. The molecule has 196 valence electrons. The Balaban J connectivity index is 3.25. The third-order valence-corrected chi connectivity index (χ3v) is 6.24. The van der Waals surface area contributed by atoms with E-state index in [1.165, 1.54) is 103 Å². The minimum Gasteiger partial charge on any atom is -0.458 e. The van der Waals surface area contributed by atoms with Gasteiger partial charge in [-0.1, -0.05) is 122 Å². The predicted octanol–water partition coefficient (Wildman–Crippen LogP) is 7.03.